The van der Waals surface area contributed by atoms with Crippen molar-refractivity contribution in [2.24, 2.45) is 5.73 Å². The van der Waals surface area contributed by atoms with Gasteiger partial charge in [0, 0.05) is 19.5 Å². The number of hydrogen-bond acceptors (Lipinski definition) is 8. The number of rotatable bonds is 12. The summed E-state index contributed by atoms with van der Waals surface area (Å²) in [5, 5.41) is 26.1. The van der Waals surface area contributed by atoms with E-state index in [0.29, 0.717) is 25.8 Å². The third kappa shape index (κ3) is 8.03. The summed E-state index contributed by atoms with van der Waals surface area (Å²) in [6.07, 6.45) is 1.96. The van der Waals surface area contributed by atoms with Gasteiger partial charge in [-0.05, 0) is 45.1 Å². The Morgan fingerprint density at radius 3 is 1.88 bits per heavy atom. The van der Waals surface area contributed by atoms with Gasteiger partial charge < -0.3 is 41.7 Å². The van der Waals surface area contributed by atoms with Crippen LogP contribution in [0.3, 0.4) is 0 Å². The molecule has 2 aliphatic rings. The van der Waals surface area contributed by atoms with Gasteiger partial charge in [0.1, 0.15) is 30.2 Å². The highest BCUT2D eigenvalue weighted by molar-refractivity contribution is 5.96. The summed E-state index contributed by atoms with van der Waals surface area (Å²) in [4.78, 5) is 79.3. The third-order valence-electron chi connectivity index (χ3n) is 7.51. The average Bonchev–Trinajstić information content (AvgIpc) is 3.65. The Labute approximate surface area is 244 Å². The smallest absolute Gasteiger partial charge is 0.325 e. The largest absolute Gasteiger partial charge is 0.480 e. The molecule has 5 amide bonds. The third-order valence-corrected chi connectivity index (χ3v) is 7.51. The molecule has 1 aromatic rings. The van der Waals surface area contributed by atoms with Gasteiger partial charge in [0.2, 0.25) is 29.5 Å². The summed E-state index contributed by atoms with van der Waals surface area (Å²) in [5.74, 6) is -4.19. The number of aliphatic carboxylic acids is 1. The maximum Gasteiger partial charge on any atom is 0.325 e. The first kappa shape index (κ1) is 32.5. The van der Waals surface area contributed by atoms with Gasteiger partial charge in [-0.2, -0.15) is 0 Å². The number of nitrogens with zero attached hydrogens (tertiary/aromatic N) is 2. The normalized spacial score (nSPS) is 21.1. The van der Waals surface area contributed by atoms with Gasteiger partial charge in [-0.15, -0.1) is 0 Å². The highest BCUT2D eigenvalue weighted by Gasteiger charge is 2.41. The molecule has 14 heteroatoms. The van der Waals surface area contributed by atoms with E-state index in [4.69, 9.17) is 10.8 Å². The lowest BCUT2D eigenvalue weighted by molar-refractivity contribution is -0.144. The van der Waals surface area contributed by atoms with E-state index in [-0.39, 0.29) is 25.3 Å². The minimum atomic E-state index is -1.42. The van der Waals surface area contributed by atoms with E-state index in [0.717, 1.165) is 5.56 Å². The average molecular weight is 589 g/mol. The minimum absolute atomic E-state index is 0.138. The predicted molar refractivity (Wildman–Crippen MR) is 149 cm³/mol. The Morgan fingerprint density at radius 1 is 0.857 bits per heavy atom. The van der Waals surface area contributed by atoms with Crippen molar-refractivity contribution in [1.82, 2.24) is 25.8 Å². The monoisotopic (exact) mass is 588 g/mol. The maximum atomic E-state index is 13.9. The second-order valence-electron chi connectivity index (χ2n) is 10.7. The molecular weight excluding hydrogens is 548 g/mol. The fourth-order valence-corrected chi connectivity index (χ4v) is 5.22. The first-order valence-electron chi connectivity index (χ1n) is 14.1. The number of benzene rings is 1. The first-order valence-corrected chi connectivity index (χ1v) is 14.1. The lowest BCUT2D eigenvalue weighted by atomic mass is 10.0. The molecule has 0 bridgehead atoms. The molecule has 14 nitrogen and oxygen atoms in total. The van der Waals surface area contributed by atoms with Crippen LogP contribution in [0.5, 0.6) is 0 Å². The number of amides is 5. The van der Waals surface area contributed by atoms with Crippen molar-refractivity contribution in [3.63, 3.8) is 0 Å². The van der Waals surface area contributed by atoms with Crippen molar-refractivity contribution in [1.29, 1.82) is 0 Å². The van der Waals surface area contributed by atoms with Crippen LogP contribution in [0.2, 0.25) is 0 Å². The van der Waals surface area contributed by atoms with Gasteiger partial charge in [0.05, 0.1) is 12.6 Å². The molecule has 42 heavy (non-hydrogen) atoms. The number of nitrogens with one attached hydrogen (secondary N) is 3. The van der Waals surface area contributed by atoms with Gasteiger partial charge in [0.15, 0.2) is 0 Å². The Balaban J connectivity index is 1.77. The van der Waals surface area contributed by atoms with Gasteiger partial charge in [-0.1, -0.05) is 30.3 Å². The van der Waals surface area contributed by atoms with Crippen LogP contribution >= 0.6 is 0 Å². The molecule has 2 heterocycles. The van der Waals surface area contributed by atoms with Crippen LogP contribution in [-0.2, 0) is 35.2 Å². The standard InChI is InChI=1S/C28H40N6O8/c1-16(29)26(39)33-12-6-10-21(33)24(37)31-19(14-18-8-4-3-5-9-18)27(40)34-13-7-11-22(34)25(38)32-20(15-35)23(36)30-17(2)28(41)42/h3-5,8-9,16-17,19-22,35H,6-7,10-15,29H2,1-2H3,(H,30,36)(H,31,37)(H,32,38)(H,41,42)/t16-,17-,19-,20-,21-,22-/m0/s1. The second kappa shape index (κ2) is 14.7. The molecule has 7 N–H and O–H groups in total. The summed E-state index contributed by atoms with van der Waals surface area (Å²) >= 11 is 0. The zero-order valence-corrected chi connectivity index (χ0v) is 23.8. The highest BCUT2D eigenvalue weighted by atomic mass is 16.4. The van der Waals surface area contributed by atoms with E-state index in [1.807, 2.05) is 18.2 Å². The number of carbonyl (C=O) groups is 6. The van der Waals surface area contributed by atoms with Crippen molar-refractivity contribution < 1.29 is 39.0 Å². The molecule has 0 aromatic heterocycles. The van der Waals surface area contributed by atoms with Crippen molar-refractivity contribution in [2.45, 2.75) is 82.2 Å². The quantitative estimate of drug-likeness (QED) is 0.161. The molecule has 0 aliphatic carbocycles. The summed E-state index contributed by atoms with van der Waals surface area (Å²) in [5.41, 5.74) is 6.54. The summed E-state index contributed by atoms with van der Waals surface area (Å²) in [6.45, 7) is 2.62. The van der Waals surface area contributed by atoms with Crippen LogP contribution in [-0.4, -0.2) is 111 Å². The lowest BCUT2D eigenvalue weighted by Gasteiger charge is -2.31. The van der Waals surface area contributed by atoms with Crippen LogP contribution in [0.15, 0.2) is 30.3 Å². The zero-order valence-electron chi connectivity index (χ0n) is 23.8. The molecule has 0 unspecified atom stereocenters. The molecule has 2 aliphatic heterocycles. The van der Waals surface area contributed by atoms with Crippen LogP contribution in [0, 0.1) is 0 Å². The summed E-state index contributed by atoms with van der Waals surface area (Å²) in [7, 11) is 0. The van der Waals surface area contributed by atoms with Crippen molar-refractivity contribution in [3.05, 3.63) is 35.9 Å². The maximum absolute atomic E-state index is 13.9. The van der Waals surface area contributed by atoms with Gasteiger partial charge in [-0.25, -0.2) is 0 Å². The number of carbonyl (C=O) groups excluding carboxylic acids is 5. The number of hydrogen-bond donors (Lipinski definition) is 6. The van der Waals surface area contributed by atoms with E-state index in [1.165, 1.54) is 16.7 Å². The fraction of sp³-hybridized carbons (Fsp3) is 0.571. The fourth-order valence-electron chi connectivity index (χ4n) is 5.22. The number of nitrogens with two attached hydrogens (primary N) is 1. The number of likely N-dealkylation sites (tertiary alicyclic amines) is 2. The summed E-state index contributed by atoms with van der Waals surface area (Å²) in [6, 6.07) is 2.80. The van der Waals surface area contributed by atoms with E-state index in [1.54, 1.807) is 19.1 Å². The van der Waals surface area contributed by atoms with Gasteiger partial charge >= 0.3 is 5.97 Å². The molecule has 0 radical (unpaired) electrons. The molecular formula is C28H40N6O8. The molecule has 0 saturated carbocycles. The Bertz CT molecular complexity index is 1160. The number of aliphatic hydroxyl groups excluding tert-OH is 1. The van der Waals surface area contributed by atoms with E-state index in [9.17, 15) is 33.9 Å². The van der Waals surface area contributed by atoms with Gasteiger partial charge in [0.25, 0.3) is 0 Å². The number of carboxylic acid groups (broad SMARTS) is 1. The van der Waals surface area contributed by atoms with E-state index in [2.05, 4.69) is 16.0 Å². The zero-order chi connectivity index (χ0) is 31.0. The minimum Gasteiger partial charge on any atom is -0.480 e. The molecule has 6 atom stereocenters. The van der Waals surface area contributed by atoms with Crippen LogP contribution in [0.4, 0.5) is 0 Å². The van der Waals surface area contributed by atoms with Crippen molar-refractivity contribution in [2.75, 3.05) is 19.7 Å². The van der Waals surface area contributed by atoms with Gasteiger partial charge in [-0.3, -0.25) is 28.8 Å². The number of carboxylic acids is 1. The molecule has 2 fully saturated rings. The molecule has 230 valence electrons. The Morgan fingerprint density at radius 2 is 1.38 bits per heavy atom. The predicted octanol–water partition coefficient (Wildman–Crippen LogP) is -1.89. The Kier molecular flexibility index (Phi) is 11.4. The lowest BCUT2D eigenvalue weighted by Crippen LogP contribution is -2.59. The van der Waals surface area contributed by atoms with Crippen LogP contribution in [0.1, 0.15) is 45.1 Å². The van der Waals surface area contributed by atoms with Crippen molar-refractivity contribution in [3.8, 4) is 0 Å². The van der Waals surface area contributed by atoms with E-state index < -0.39 is 72.5 Å². The second-order valence-corrected chi connectivity index (χ2v) is 10.7. The topological polar surface area (TPSA) is 211 Å². The molecule has 2 saturated heterocycles. The highest BCUT2D eigenvalue weighted by Crippen LogP contribution is 2.22. The Hall–Kier alpha value is -4.04. The first-order chi connectivity index (χ1) is 19.9. The van der Waals surface area contributed by atoms with Crippen LogP contribution < -0.4 is 21.7 Å². The van der Waals surface area contributed by atoms with E-state index >= 15 is 0 Å². The molecule has 1 aromatic carbocycles. The number of aliphatic hydroxyl groups is 1. The SMILES string of the molecule is C[C@H](N)C(=O)N1CCC[C@H]1C(=O)N[C@@H](Cc1ccccc1)C(=O)N1CCC[C@H]1C(=O)N[C@@H](CO)C(=O)N[C@@H](C)C(=O)O. The molecule has 3 rings (SSSR count). The molecule has 0 spiro atoms. The van der Waals surface area contributed by atoms with Crippen LogP contribution in [0.25, 0.3) is 0 Å². The summed E-state index contributed by atoms with van der Waals surface area (Å²) < 4.78 is 0. The van der Waals surface area contributed by atoms with Crippen molar-refractivity contribution >= 4 is 35.5 Å².